The lowest BCUT2D eigenvalue weighted by Gasteiger charge is -2.18. The summed E-state index contributed by atoms with van der Waals surface area (Å²) in [7, 11) is 0. The van der Waals surface area contributed by atoms with Crippen molar-refractivity contribution in [1.29, 1.82) is 0 Å². The Labute approximate surface area is 200 Å². The molecule has 0 aliphatic heterocycles. The van der Waals surface area contributed by atoms with Crippen molar-refractivity contribution >= 4 is 52.0 Å². The molecule has 176 valence electrons. The number of ether oxygens (including phenoxy) is 1. The van der Waals surface area contributed by atoms with E-state index in [1.54, 1.807) is 0 Å². The summed E-state index contributed by atoms with van der Waals surface area (Å²) >= 11 is 2.21. The van der Waals surface area contributed by atoms with Crippen molar-refractivity contribution in [2.45, 2.75) is 64.0 Å². The van der Waals surface area contributed by atoms with Crippen LogP contribution < -0.4 is 5.32 Å². The summed E-state index contributed by atoms with van der Waals surface area (Å²) in [6, 6.07) is 6.60. The summed E-state index contributed by atoms with van der Waals surface area (Å²) in [5.41, 5.74) is 1.12. The van der Waals surface area contributed by atoms with Gasteiger partial charge in [0.15, 0.2) is 11.9 Å². The van der Waals surface area contributed by atoms with E-state index in [9.17, 15) is 24.0 Å². The molecule has 0 saturated carbocycles. The van der Waals surface area contributed by atoms with Gasteiger partial charge in [-0.2, -0.15) is 0 Å². The van der Waals surface area contributed by atoms with Gasteiger partial charge >= 0.3 is 12.1 Å². The lowest BCUT2D eigenvalue weighted by Crippen LogP contribution is -2.44. The maximum atomic E-state index is 12.2. The number of aliphatic hydroxyl groups excluding tert-OH is 1. The molecule has 1 rings (SSSR count). The van der Waals surface area contributed by atoms with E-state index in [4.69, 9.17) is 14.9 Å². The van der Waals surface area contributed by atoms with Gasteiger partial charge in [0.1, 0.15) is 24.2 Å². The molecule has 0 aliphatic carbocycles. The van der Waals surface area contributed by atoms with Crippen LogP contribution in [0.4, 0.5) is 4.79 Å². The number of ketones is 3. The fraction of sp³-hybridized carbons (Fsp3) is 0.500. The van der Waals surface area contributed by atoms with Crippen molar-refractivity contribution in [1.82, 2.24) is 5.32 Å². The van der Waals surface area contributed by atoms with Gasteiger partial charge in [0, 0.05) is 22.8 Å². The molecule has 0 aliphatic rings. The number of hydrogen-bond acceptors (Lipinski definition) is 7. The van der Waals surface area contributed by atoms with Gasteiger partial charge in [-0.1, -0.05) is 12.1 Å². The highest BCUT2D eigenvalue weighted by Gasteiger charge is 2.26. The molecule has 0 aromatic heterocycles. The Morgan fingerprint density at radius 3 is 2.25 bits per heavy atom. The van der Waals surface area contributed by atoms with Crippen molar-refractivity contribution in [3.63, 3.8) is 0 Å². The van der Waals surface area contributed by atoms with Gasteiger partial charge < -0.3 is 25.1 Å². The van der Waals surface area contributed by atoms with Crippen molar-refractivity contribution < 1.29 is 38.9 Å². The largest absolute Gasteiger partial charge is 0.480 e. The molecule has 0 radical (unpaired) electrons. The maximum absolute atomic E-state index is 12.2. The number of Topliss-reactive ketones (excluding diaryl/α,β-unsaturated/α-hetero) is 3. The Kier molecular flexibility index (Phi) is 12.7. The predicted octanol–water partition coefficient (Wildman–Crippen LogP) is 2.44. The number of carboxylic acids is 1. The van der Waals surface area contributed by atoms with Crippen LogP contribution in [0.15, 0.2) is 24.3 Å². The molecule has 9 nitrogen and oxygen atoms in total. The third-order valence-corrected chi connectivity index (χ3v) is 5.38. The Balaban J connectivity index is 2.51. The summed E-state index contributed by atoms with van der Waals surface area (Å²) in [5, 5.41) is 20.3. The number of carbonyl (C=O) groups is 5. The van der Waals surface area contributed by atoms with E-state index in [0.29, 0.717) is 12.8 Å². The minimum Gasteiger partial charge on any atom is -0.480 e. The van der Waals surface area contributed by atoms with E-state index in [0.717, 1.165) is 15.6 Å². The number of aryl methyl sites for hydroxylation is 1. The average molecular weight is 559 g/mol. The molecular weight excluding hydrogens is 531 g/mol. The second kappa shape index (κ2) is 14.7. The zero-order chi connectivity index (χ0) is 24.1. The number of aliphatic carboxylic acids is 1. The Morgan fingerprint density at radius 1 is 1.03 bits per heavy atom. The first-order valence-corrected chi connectivity index (χ1v) is 11.3. The van der Waals surface area contributed by atoms with Gasteiger partial charge in [-0.25, -0.2) is 9.59 Å². The second-order valence-electron chi connectivity index (χ2n) is 7.35. The SMILES string of the molecule is CC(=O)CC[C@H](NC(=O)O[C@@H](CCC(=O)CCCc1ccc([125I])cc1)C(=O)CO)C(=O)O. The van der Waals surface area contributed by atoms with Crippen LogP contribution in [0.5, 0.6) is 0 Å². The molecule has 0 unspecified atom stereocenters. The number of carboxylic acid groups (broad SMARTS) is 1. The fourth-order valence-electron chi connectivity index (χ4n) is 2.86. The number of halogens is 1. The average Bonchev–Trinajstić information content (AvgIpc) is 2.74. The van der Waals surface area contributed by atoms with E-state index in [1.807, 2.05) is 24.3 Å². The van der Waals surface area contributed by atoms with Crippen LogP contribution in [-0.2, 0) is 30.3 Å². The molecule has 0 spiro atoms. The summed E-state index contributed by atoms with van der Waals surface area (Å²) < 4.78 is 6.09. The minimum absolute atomic E-state index is 0.0247. The monoisotopic (exact) mass is 559 g/mol. The lowest BCUT2D eigenvalue weighted by molar-refractivity contribution is -0.139. The van der Waals surface area contributed by atoms with E-state index in [-0.39, 0.29) is 37.2 Å². The predicted molar refractivity (Wildman–Crippen MR) is 123 cm³/mol. The van der Waals surface area contributed by atoms with Gasteiger partial charge in [0.05, 0.1) is 0 Å². The maximum Gasteiger partial charge on any atom is 0.408 e. The molecule has 3 N–H and O–H groups in total. The third-order valence-electron chi connectivity index (χ3n) is 4.66. The van der Waals surface area contributed by atoms with Crippen LogP contribution in [-0.4, -0.2) is 58.4 Å². The standard InChI is InChI=1S/C22H28INO8/c1-14(26)5-11-18(21(29)30)24-22(31)32-20(19(28)13-25)12-10-17(27)4-2-3-15-6-8-16(23)9-7-15/h6-9,18,20,25H,2-5,10-13H2,1H3,(H,24,31)(H,29,30)/t18-,20-/m0/s1/i23-2. The van der Waals surface area contributed by atoms with Gasteiger partial charge in [-0.05, 0) is 72.9 Å². The van der Waals surface area contributed by atoms with Crippen LogP contribution in [0.25, 0.3) is 0 Å². The summed E-state index contributed by atoms with van der Waals surface area (Å²) in [6.45, 7) is 0.413. The third kappa shape index (κ3) is 11.3. The second-order valence-corrected chi connectivity index (χ2v) is 8.60. The van der Waals surface area contributed by atoms with E-state index in [1.165, 1.54) is 6.92 Å². The van der Waals surface area contributed by atoms with Crippen molar-refractivity contribution in [2.75, 3.05) is 6.61 Å². The smallest absolute Gasteiger partial charge is 0.408 e. The minimum atomic E-state index is -1.37. The van der Waals surface area contributed by atoms with Gasteiger partial charge in [0.25, 0.3) is 0 Å². The Morgan fingerprint density at radius 2 is 1.69 bits per heavy atom. The van der Waals surface area contributed by atoms with Gasteiger partial charge in [-0.3, -0.25) is 9.59 Å². The number of hydrogen-bond donors (Lipinski definition) is 3. The van der Waals surface area contributed by atoms with Gasteiger partial charge in [-0.15, -0.1) is 0 Å². The van der Waals surface area contributed by atoms with Crippen molar-refractivity contribution in [3.8, 4) is 0 Å². The number of benzene rings is 1. The molecule has 1 aromatic carbocycles. The molecule has 10 heteroatoms. The van der Waals surface area contributed by atoms with Gasteiger partial charge in [0.2, 0.25) is 0 Å². The van der Waals surface area contributed by atoms with Crippen molar-refractivity contribution in [2.24, 2.45) is 0 Å². The number of amides is 1. The fourth-order valence-corrected chi connectivity index (χ4v) is 3.22. The molecular formula is C22H28INO8. The Hall–Kier alpha value is -2.34. The number of rotatable bonds is 15. The van der Waals surface area contributed by atoms with E-state index < -0.39 is 36.6 Å². The molecule has 2 atom stereocenters. The van der Waals surface area contributed by atoms with Crippen LogP contribution in [0, 0.1) is 3.57 Å². The highest BCUT2D eigenvalue weighted by molar-refractivity contribution is 14.1. The van der Waals surface area contributed by atoms with Crippen LogP contribution in [0.3, 0.4) is 0 Å². The summed E-state index contributed by atoms with van der Waals surface area (Å²) in [4.78, 5) is 58.4. The van der Waals surface area contributed by atoms with Crippen LogP contribution in [0.1, 0.15) is 51.0 Å². The highest BCUT2D eigenvalue weighted by Crippen LogP contribution is 2.12. The lowest BCUT2D eigenvalue weighted by atomic mass is 10.0. The highest BCUT2D eigenvalue weighted by atomic mass is 125. The quantitative estimate of drug-likeness (QED) is 0.278. The number of nitrogens with one attached hydrogen (secondary N) is 1. The molecule has 1 aromatic rings. The van der Waals surface area contributed by atoms with E-state index in [2.05, 4.69) is 27.9 Å². The normalized spacial score (nSPS) is 12.5. The first-order chi connectivity index (χ1) is 15.1. The first-order valence-electron chi connectivity index (χ1n) is 10.2. The number of alkyl carbamates (subject to hydrolysis) is 1. The number of carbonyl (C=O) groups excluding carboxylic acids is 4. The topological polar surface area (TPSA) is 147 Å². The summed E-state index contributed by atoms with van der Waals surface area (Å²) in [5.74, 6) is -2.49. The zero-order valence-corrected chi connectivity index (χ0v) is 20.0. The summed E-state index contributed by atoms with van der Waals surface area (Å²) in [6.07, 6.45) is -1.19. The number of aliphatic hydroxyl groups is 1. The first kappa shape index (κ1) is 27.7. The molecule has 32 heavy (non-hydrogen) atoms. The van der Waals surface area contributed by atoms with E-state index >= 15 is 0 Å². The van der Waals surface area contributed by atoms with Crippen molar-refractivity contribution in [3.05, 3.63) is 33.4 Å². The molecule has 0 saturated heterocycles. The molecule has 0 heterocycles. The van der Waals surface area contributed by atoms with Crippen LogP contribution in [0.2, 0.25) is 0 Å². The molecule has 1 amide bonds. The Bertz CT molecular complexity index is 809. The molecule has 0 bridgehead atoms. The zero-order valence-electron chi connectivity index (χ0n) is 17.8. The van der Waals surface area contributed by atoms with Crippen LogP contribution >= 0.6 is 22.6 Å². The molecule has 0 fully saturated rings.